The molecule has 4 aromatic carbocycles. The van der Waals surface area contributed by atoms with Gasteiger partial charge in [-0.1, -0.05) is 131 Å². The van der Waals surface area contributed by atoms with Gasteiger partial charge in [0, 0.05) is 11.0 Å². The van der Waals surface area contributed by atoms with Gasteiger partial charge < -0.3 is 4.74 Å². The number of carbonyl (C=O) groups excluding carboxylic acids is 1. The van der Waals surface area contributed by atoms with E-state index in [0.29, 0.717) is 4.43 Å². The molecule has 0 bridgehead atoms. The Kier molecular flexibility index (Phi) is 9.71. The smallest absolute Gasteiger partial charge is 0.243 e. The molecule has 0 radical (unpaired) electrons. The third-order valence-electron chi connectivity index (χ3n) is 6.75. The van der Waals surface area contributed by atoms with E-state index in [0.717, 1.165) is 22.3 Å². The summed E-state index contributed by atoms with van der Waals surface area (Å²) in [4.78, 5) is 13.3. The highest BCUT2D eigenvalue weighted by atomic mass is 127. The van der Waals surface area contributed by atoms with Crippen LogP contribution in [0.1, 0.15) is 29.2 Å². The Labute approximate surface area is 245 Å². The number of hydrogen-bond donors (Lipinski definition) is 0. The van der Waals surface area contributed by atoms with Gasteiger partial charge in [0.05, 0.1) is 11.5 Å². The summed E-state index contributed by atoms with van der Waals surface area (Å²) >= 11 is 2.14. The fourth-order valence-electron chi connectivity index (χ4n) is 4.75. The summed E-state index contributed by atoms with van der Waals surface area (Å²) in [6.07, 6.45) is 0. The van der Waals surface area contributed by atoms with E-state index in [4.69, 9.17) is 4.74 Å². The van der Waals surface area contributed by atoms with Gasteiger partial charge in [-0.3, -0.25) is 4.79 Å². The molecule has 0 aliphatic carbocycles. The number of ketones is 1. The van der Waals surface area contributed by atoms with Gasteiger partial charge in [0.25, 0.3) is 0 Å². The van der Waals surface area contributed by atoms with Crippen LogP contribution in [0, 0.1) is 6.92 Å². The molecule has 1 atom stereocenters. The van der Waals surface area contributed by atoms with Gasteiger partial charge in [0.1, 0.15) is 17.4 Å². The lowest BCUT2D eigenvalue weighted by Crippen LogP contribution is -2.49. The van der Waals surface area contributed by atoms with Crippen molar-refractivity contribution in [2.45, 2.75) is 30.4 Å². The van der Waals surface area contributed by atoms with Crippen LogP contribution in [-0.2, 0) is 25.2 Å². The zero-order valence-electron chi connectivity index (χ0n) is 22.0. The van der Waals surface area contributed by atoms with Crippen LogP contribution in [0.3, 0.4) is 0 Å². The third-order valence-corrected chi connectivity index (χ3v) is 9.15. The zero-order valence-corrected chi connectivity index (χ0v) is 25.0. The van der Waals surface area contributed by atoms with Crippen molar-refractivity contribution in [3.05, 3.63) is 138 Å². The maximum absolute atomic E-state index is 13.8. The van der Waals surface area contributed by atoms with E-state index in [2.05, 4.69) is 22.6 Å². The number of ether oxygens (including phenoxy) is 1. The normalized spacial score (nSPS) is 12.8. The van der Waals surface area contributed by atoms with Crippen LogP contribution in [0.25, 0.3) is 0 Å². The van der Waals surface area contributed by atoms with Crippen molar-refractivity contribution in [1.82, 2.24) is 4.31 Å². The highest BCUT2D eigenvalue weighted by Crippen LogP contribution is 2.41. The number of benzene rings is 4. The van der Waals surface area contributed by atoms with E-state index < -0.39 is 21.7 Å². The zero-order chi connectivity index (χ0) is 27.9. The monoisotopic (exact) mass is 653 g/mol. The van der Waals surface area contributed by atoms with Gasteiger partial charge >= 0.3 is 0 Å². The summed E-state index contributed by atoms with van der Waals surface area (Å²) in [5.41, 5.74) is 2.53. The Morgan fingerprint density at radius 1 is 0.795 bits per heavy atom. The molecule has 0 fully saturated rings. The molecule has 0 saturated heterocycles. The van der Waals surface area contributed by atoms with E-state index in [1.54, 1.807) is 24.3 Å². The molecule has 0 N–H and O–H groups in total. The van der Waals surface area contributed by atoms with Crippen LogP contribution < -0.4 is 0 Å². The molecule has 0 aromatic heterocycles. The average molecular weight is 654 g/mol. The van der Waals surface area contributed by atoms with E-state index in [1.807, 2.05) is 97.9 Å². The average Bonchev–Trinajstić information content (AvgIpc) is 2.96. The van der Waals surface area contributed by atoms with E-state index in [-0.39, 0.29) is 23.8 Å². The molecule has 0 amide bonds. The van der Waals surface area contributed by atoms with Crippen LogP contribution >= 0.6 is 22.6 Å². The molecule has 0 saturated carbocycles. The van der Waals surface area contributed by atoms with Gasteiger partial charge in [0.2, 0.25) is 10.0 Å². The SMILES string of the molecule is CC(=O)[C@@H](COC(c1ccccc1)(c1ccccc1)c1ccccc1)N(CCI)S(=O)(=O)c1ccc(C)cc1. The van der Waals surface area contributed by atoms with E-state index in [1.165, 1.54) is 11.2 Å². The second-order valence-corrected chi connectivity index (χ2v) is 12.3. The Morgan fingerprint density at radius 2 is 1.23 bits per heavy atom. The van der Waals surface area contributed by atoms with Crippen LogP contribution in [0.15, 0.2) is 120 Å². The largest absolute Gasteiger partial charge is 0.359 e. The Hall–Kier alpha value is -2.85. The van der Waals surface area contributed by atoms with Crippen LogP contribution in [0.2, 0.25) is 0 Å². The number of aryl methyl sites for hydroxylation is 1. The van der Waals surface area contributed by atoms with Crippen molar-refractivity contribution in [2.75, 3.05) is 17.6 Å². The topological polar surface area (TPSA) is 63.7 Å². The lowest BCUT2D eigenvalue weighted by Gasteiger charge is -2.38. The molecule has 4 rings (SSSR count). The van der Waals surface area contributed by atoms with Crippen molar-refractivity contribution in [1.29, 1.82) is 0 Å². The minimum absolute atomic E-state index is 0.129. The quantitative estimate of drug-likeness (QED) is 0.101. The van der Waals surface area contributed by atoms with Crippen LogP contribution in [-0.4, -0.2) is 42.1 Å². The molecule has 0 spiro atoms. The Balaban J connectivity index is 1.83. The second kappa shape index (κ2) is 13.0. The highest BCUT2D eigenvalue weighted by molar-refractivity contribution is 14.1. The molecule has 4 aromatic rings. The van der Waals surface area contributed by atoms with Crippen molar-refractivity contribution < 1.29 is 17.9 Å². The predicted octanol–water partition coefficient (Wildman–Crippen LogP) is 6.39. The maximum Gasteiger partial charge on any atom is 0.243 e. The molecular formula is C32H32INO4S. The number of hydrogen-bond acceptors (Lipinski definition) is 4. The lowest BCUT2D eigenvalue weighted by molar-refractivity contribution is -0.124. The van der Waals surface area contributed by atoms with Crippen molar-refractivity contribution in [2.24, 2.45) is 0 Å². The number of sulfonamides is 1. The van der Waals surface area contributed by atoms with E-state index in [9.17, 15) is 13.2 Å². The maximum atomic E-state index is 13.8. The number of halogens is 1. The van der Waals surface area contributed by atoms with E-state index >= 15 is 0 Å². The minimum Gasteiger partial charge on any atom is -0.359 e. The van der Waals surface area contributed by atoms with Crippen molar-refractivity contribution in [3.63, 3.8) is 0 Å². The summed E-state index contributed by atoms with van der Waals surface area (Å²) in [7, 11) is -3.96. The lowest BCUT2D eigenvalue weighted by atomic mass is 9.80. The summed E-state index contributed by atoms with van der Waals surface area (Å²) in [5, 5.41) is 0. The fourth-order valence-corrected chi connectivity index (χ4v) is 7.22. The molecule has 0 unspecified atom stereocenters. The Morgan fingerprint density at radius 3 is 1.62 bits per heavy atom. The third kappa shape index (κ3) is 6.32. The summed E-state index contributed by atoms with van der Waals surface area (Å²) in [6.45, 7) is 3.38. The Bertz CT molecular complexity index is 1360. The number of alkyl halides is 1. The van der Waals surface area contributed by atoms with Gasteiger partial charge in [-0.25, -0.2) is 8.42 Å². The van der Waals surface area contributed by atoms with Crippen LogP contribution in [0.4, 0.5) is 0 Å². The minimum atomic E-state index is -3.96. The van der Waals surface area contributed by atoms with Crippen LogP contribution in [0.5, 0.6) is 0 Å². The van der Waals surface area contributed by atoms with Gasteiger partial charge in [-0.2, -0.15) is 4.31 Å². The van der Waals surface area contributed by atoms with Gasteiger partial charge in [0.15, 0.2) is 0 Å². The number of Topliss-reactive ketones (excluding diaryl/α,β-unsaturated/α-hetero) is 1. The molecule has 202 valence electrons. The summed E-state index contributed by atoms with van der Waals surface area (Å²) in [6, 6.07) is 35.2. The first-order chi connectivity index (χ1) is 18.8. The molecule has 39 heavy (non-hydrogen) atoms. The summed E-state index contributed by atoms with van der Waals surface area (Å²) in [5.74, 6) is -0.279. The van der Waals surface area contributed by atoms with Gasteiger partial charge in [-0.05, 0) is 42.7 Å². The molecule has 5 nitrogen and oxygen atoms in total. The predicted molar refractivity (Wildman–Crippen MR) is 164 cm³/mol. The number of carbonyl (C=O) groups is 1. The molecule has 0 heterocycles. The molecule has 0 aliphatic rings. The molecule has 0 aliphatic heterocycles. The first-order valence-corrected chi connectivity index (χ1v) is 15.7. The summed E-state index contributed by atoms with van der Waals surface area (Å²) < 4.78 is 36.3. The van der Waals surface area contributed by atoms with Gasteiger partial charge in [-0.15, -0.1) is 0 Å². The standard InChI is InChI=1S/C32H32INO4S/c1-25-18-20-30(21-19-25)39(36,37)34(23-22-33)31(26(2)35)24-38-32(27-12-6-3-7-13-27,28-14-8-4-9-15-28)29-16-10-5-11-17-29/h3-21,31H,22-24H2,1-2H3/t31-/m1/s1. The first kappa shape index (κ1) is 29.1. The van der Waals surface area contributed by atoms with Crippen molar-refractivity contribution >= 4 is 38.4 Å². The fraction of sp³-hybridized carbons (Fsp3) is 0.219. The highest BCUT2D eigenvalue weighted by Gasteiger charge is 2.41. The first-order valence-electron chi connectivity index (χ1n) is 12.8. The molecule has 7 heteroatoms. The molecular weight excluding hydrogens is 621 g/mol. The number of rotatable bonds is 12. The number of nitrogens with zero attached hydrogens (tertiary/aromatic N) is 1. The van der Waals surface area contributed by atoms with Crippen molar-refractivity contribution in [3.8, 4) is 0 Å². The second-order valence-electron chi connectivity index (χ2n) is 9.33.